The number of rotatable bonds is 5. The van der Waals surface area contributed by atoms with Gasteiger partial charge in [-0.25, -0.2) is 4.98 Å². The molecule has 1 unspecified atom stereocenters. The summed E-state index contributed by atoms with van der Waals surface area (Å²) in [5.41, 5.74) is 2.63. The number of aryl methyl sites for hydroxylation is 1. The minimum Gasteiger partial charge on any atom is -0.443 e. The molecule has 0 radical (unpaired) electrons. The van der Waals surface area contributed by atoms with E-state index in [1.54, 1.807) is 10.9 Å². The molecule has 3 aromatic rings. The Morgan fingerprint density at radius 3 is 2.76 bits per heavy atom. The van der Waals surface area contributed by atoms with Gasteiger partial charge in [-0.3, -0.25) is 9.48 Å². The lowest BCUT2D eigenvalue weighted by atomic mass is 10.1. The van der Waals surface area contributed by atoms with Crippen LogP contribution in [0.25, 0.3) is 0 Å². The van der Waals surface area contributed by atoms with E-state index in [0.29, 0.717) is 29.6 Å². The van der Waals surface area contributed by atoms with E-state index >= 15 is 0 Å². The van der Waals surface area contributed by atoms with Crippen LogP contribution in [0.5, 0.6) is 0 Å². The summed E-state index contributed by atoms with van der Waals surface area (Å²) < 4.78 is 7.71. The molecule has 1 saturated heterocycles. The molecule has 0 saturated carbocycles. The van der Waals surface area contributed by atoms with Gasteiger partial charge in [-0.2, -0.15) is 5.10 Å². The Morgan fingerprint density at radius 2 is 2.07 bits per heavy atom. The van der Waals surface area contributed by atoms with Crippen molar-refractivity contribution in [1.82, 2.24) is 19.7 Å². The summed E-state index contributed by atoms with van der Waals surface area (Å²) in [5.74, 6) is 1.64. The first-order chi connectivity index (χ1) is 13.9. The molecule has 29 heavy (non-hydrogen) atoms. The maximum Gasteiger partial charge on any atom is 0.272 e. The third-order valence-corrected chi connectivity index (χ3v) is 5.62. The van der Waals surface area contributed by atoms with Crippen molar-refractivity contribution in [2.45, 2.75) is 45.1 Å². The van der Waals surface area contributed by atoms with Gasteiger partial charge in [-0.05, 0) is 42.5 Å². The van der Waals surface area contributed by atoms with E-state index in [-0.39, 0.29) is 17.9 Å². The Balaban J connectivity index is 1.52. The zero-order valence-corrected chi connectivity index (χ0v) is 17.7. The predicted octanol–water partition coefficient (Wildman–Crippen LogP) is 4.75. The summed E-state index contributed by atoms with van der Waals surface area (Å²) in [7, 11) is 1.82. The SMILES string of the molecule is CC(C)c1cc(C(=O)N2CCCC2c2ncc(Cc3ccc(Cl)cc3)o2)n(C)n1. The van der Waals surface area contributed by atoms with E-state index in [1.807, 2.05) is 42.3 Å². The first-order valence-corrected chi connectivity index (χ1v) is 10.3. The van der Waals surface area contributed by atoms with Crippen molar-refractivity contribution < 1.29 is 9.21 Å². The molecule has 0 N–H and O–H groups in total. The molecule has 3 heterocycles. The lowest BCUT2D eigenvalue weighted by molar-refractivity contribution is 0.0703. The number of hydrogen-bond acceptors (Lipinski definition) is 4. The molecule has 1 fully saturated rings. The number of likely N-dealkylation sites (tertiary alicyclic amines) is 1. The van der Waals surface area contributed by atoms with Gasteiger partial charge in [0.1, 0.15) is 17.5 Å². The van der Waals surface area contributed by atoms with Crippen molar-refractivity contribution in [3.63, 3.8) is 0 Å². The van der Waals surface area contributed by atoms with E-state index in [9.17, 15) is 4.79 Å². The lowest BCUT2D eigenvalue weighted by Gasteiger charge is -2.22. The van der Waals surface area contributed by atoms with Gasteiger partial charge < -0.3 is 9.32 Å². The average Bonchev–Trinajstić information content (AvgIpc) is 3.42. The highest BCUT2D eigenvalue weighted by Crippen LogP contribution is 2.33. The van der Waals surface area contributed by atoms with Gasteiger partial charge >= 0.3 is 0 Å². The van der Waals surface area contributed by atoms with Crippen LogP contribution in [0.1, 0.15) is 72.0 Å². The number of carbonyl (C=O) groups is 1. The molecular formula is C22H25ClN4O2. The number of aromatic nitrogens is 3. The molecule has 1 aromatic carbocycles. The van der Waals surface area contributed by atoms with Crippen LogP contribution in [-0.2, 0) is 13.5 Å². The van der Waals surface area contributed by atoms with Gasteiger partial charge in [0.25, 0.3) is 5.91 Å². The largest absolute Gasteiger partial charge is 0.443 e. The van der Waals surface area contributed by atoms with E-state index < -0.39 is 0 Å². The van der Waals surface area contributed by atoms with Crippen molar-refractivity contribution >= 4 is 17.5 Å². The van der Waals surface area contributed by atoms with E-state index in [0.717, 1.165) is 29.9 Å². The van der Waals surface area contributed by atoms with Crippen LogP contribution in [0.4, 0.5) is 0 Å². The average molecular weight is 413 g/mol. The maximum atomic E-state index is 13.2. The van der Waals surface area contributed by atoms with Crippen LogP contribution in [0.3, 0.4) is 0 Å². The number of carbonyl (C=O) groups excluding carboxylic acids is 1. The molecule has 1 aliphatic rings. The summed E-state index contributed by atoms with van der Waals surface area (Å²) >= 11 is 5.95. The summed E-state index contributed by atoms with van der Waals surface area (Å²) in [6.45, 7) is 4.84. The molecule has 7 heteroatoms. The fourth-order valence-electron chi connectivity index (χ4n) is 3.75. The number of amides is 1. The number of oxazole rings is 1. The number of nitrogens with zero attached hydrogens (tertiary/aromatic N) is 4. The molecular weight excluding hydrogens is 388 g/mol. The van der Waals surface area contributed by atoms with Gasteiger partial charge in [0, 0.05) is 25.0 Å². The Kier molecular flexibility index (Phi) is 5.46. The fraction of sp³-hybridized carbons (Fsp3) is 0.409. The minimum atomic E-state index is -0.140. The van der Waals surface area contributed by atoms with Crippen LogP contribution in [-0.4, -0.2) is 32.1 Å². The third-order valence-electron chi connectivity index (χ3n) is 5.37. The van der Waals surface area contributed by atoms with Crippen LogP contribution >= 0.6 is 11.6 Å². The van der Waals surface area contributed by atoms with Crippen LogP contribution < -0.4 is 0 Å². The van der Waals surface area contributed by atoms with Gasteiger partial charge in [0.2, 0.25) is 5.89 Å². The van der Waals surface area contributed by atoms with Crippen LogP contribution in [0.15, 0.2) is 40.9 Å². The highest BCUT2D eigenvalue weighted by atomic mass is 35.5. The first kappa shape index (κ1) is 19.7. The standard InChI is InChI=1S/C22H25ClN4O2/c1-14(2)18-12-20(26(3)25-18)22(28)27-10-4-5-19(27)21-24-13-17(29-21)11-15-6-8-16(23)9-7-15/h6-9,12-14,19H,4-5,10-11H2,1-3H3. The van der Waals surface area contributed by atoms with Gasteiger partial charge in [0.05, 0.1) is 11.9 Å². The number of hydrogen-bond donors (Lipinski definition) is 0. The van der Waals surface area contributed by atoms with Crippen molar-refractivity contribution in [2.24, 2.45) is 7.05 Å². The fourth-order valence-corrected chi connectivity index (χ4v) is 3.87. The zero-order valence-electron chi connectivity index (χ0n) is 16.9. The zero-order chi connectivity index (χ0) is 20.5. The molecule has 6 nitrogen and oxygen atoms in total. The molecule has 152 valence electrons. The molecule has 1 atom stereocenters. The van der Waals surface area contributed by atoms with E-state index in [1.165, 1.54) is 0 Å². The van der Waals surface area contributed by atoms with Crippen molar-refractivity contribution in [3.05, 3.63) is 70.2 Å². The maximum absolute atomic E-state index is 13.2. The normalized spacial score (nSPS) is 16.7. The Hall–Kier alpha value is -2.60. The summed E-state index contributed by atoms with van der Waals surface area (Å²) in [5, 5.41) is 5.19. The highest BCUT2D eigenvalue weighted by molar-refractivity contribution is 6.30. The molecule has 4 rings (SSSR count). The predicted molar refractivity (Wildman–Crippen MR) is 111 cm³/mol. The number of benzene rings is 1. The second-order valence-electron chi connectivity index (χ2n) is 7.86. The first-order valence-electron chi connectivity index (χ1n) is 9.96. The van der Waals surface area contributed by atoms with Crippen molar-refractivity contribution in [3.8, 4) is 0 Å². The van der Waals surface area contributed by atoms with Gasteiger partial charge in [0.15, 0.2) is 0 Å². The topological polar surface area (TPSA) is 64.2 Å². The van der Waals surface area contributed by atoms with Gasteiger partial charge in [-0.1, -0.05) is 37.6 Å². The summed E-state index contributed by atoms with van der Waals surface area (Å²) in [6.07, 6.45) is 4.18. The molecule has 1 aliphatic heterocycles. The molecule has 0 bridgehead atoms. The molecule has 0 aliphatic carbocycles. The Labute approximate surface area is 175 Å². The molecule has 2 aromatic heterocycles. The van der Waals surface area contributed by atoms with Crippen molar-refractivity contribution in [2.75, 3.05) is 6.54 Å². The quantitative estimate of drug-likeness (QED) is 0.606. The summed E-state index contributed by atoms with van der Waals surface area (Å²) in [6, 6.07) is 9.44. The van der Waals surface area contributed by atoms with Crippen LogP contribution in [0, 0.1) is 0 Å². The van der Waals surface area contributed by atoms with E-state index in [4.69, 9.17) is 16.0 Å². The summed E-state index contributed by atoms with van der Waals surface area (Å²) in [4.78, 5) is 19.5. The van der Waals surface area contributed by atoms with Gasteiger partial charge in [-0.15, -0.1) is 0 Å². The molecule has 1 amide bonds. The number of halogens is 1. The minimum absolute atomic E-state index is 0.0214. The Bertz CT molecular complexity index is 1010. The Morgan fingerprint density at radius 1 is 1.31 bits per heavy atom. The van der Waals surface area contributed by atoms with Crippen LogP contribution in [0.2, 0.25) is 5.02 Å². The second kappa shape index (κ2) is 8.03. The lowest BCUT2D eigenvalue weighted by Crippen LogP contribution is -2.32. The smallest absolute Gasteiger partial charge is 0.272 e. The highest BCUT2D eigenvalue weighted by Gasteiger charge is 2.35. The second-order valence-corrected chi connectivity index (χ2v) is 8.29. The van der Waals surface area contributed by atoms with Crippen molar-refractivity contribution in [1.29, 1.82) is 0 Å². The van der Waals surface area contributed by atoms with E-state index in [2.05, 4.69) is 23.9 Å². The third kappa shape index (κ3) is 4.08. The molecule has 0 spiro atoms. The monoisotopic (exact) mass is 412 g/mol.